The van der Waals surface area contributed by atoms with Gasteiger partial charge in [-0.05, 0) is 36.8 Å². The Morgan fingerprint density at radius 3 is 2.63 bits per heavy atom. The lowest BCUT2D eigenvalue weighted by atomic mass is 10.3. The first-order chi connectivity index (χ1) is 12.9. The third kappa shape index (κ3) is 3.36. The van der Waals surface area contributed by atoms with Gasteiger partial charge in [-0.3, -0.25) is 14.6 Å². The van der Waals surface area contributed by atoms with E-state index in [2.05, 4.69) is 15.0 Å². The quantitative estimate of drug-likeness (QED) is 0.625. The fourth-order valence-corrected chi connectivity index (χ4v) is 4.54. The van der Waals surface area contributed by atoms with Crippen LogP contribution in [0.1, 0.15) is 6.42 Å². The number of benzene rings is 1. The monoisotopic (exact) mass is 388 g/mol. The largest absolute Gasteiger partial charge is 0.487 e. The molecule has 1 aliphatic rings. The first-order valence-corrected chi connectivity index (χ1v) is 9.71. The third-order valence-corrected chi connectivity index (χ3v) is 6.24. The highest BCUT2D eigenvalue weighted by molar-refractivity contribution is 7.89. The van der Waals surface area contributed by atoms with E-state index in [-0.39, 0.29) is 23.1 Å². The summed E-state index contributed by atoms with van der Waals surface area (Å²) in [5, 5.41) is 0. The predicted molar refractivity (Wildman–Crippen MR) is 97.2 cm³/mol. The Balaban J connectivity index is 1.58. The first kappa shape index (κ1) is 17.4. The van der Waals surface area contributed by atoms with Gasteiger partial charge in [0.1, 0.15) is 11.9 Å². The van der Waals surface area contributed by atoms with Crippen LogP contribution in [-0.2, 0) is 10.0 Å². The summed E-state index contributed by atoms with van der Waals surface area (Å²) in [7, 11) is -3.75. The maximum Gasteiger partial charge on any atom is 0.314 e. The Morgan fingerprint density at radius 2 is 1.89 bits per heavy atom. The summed E-state index contributed by atoms with van der Waals surface area (Å²) in [5.74, 6) is 0.592. The van der Waals surface area contributed by atoms with E-state index in [0.29, 0.717) is 24.2 Å². The zero-order valence-electron chi connectivity index (χ0n) is 14.1. The molecule has 1 fully saturated rings. The van der Waals surface area contributed by atoms with Crippen molar-refractivity contribution in [2.24, 2.45) is 0 Å². The van der Waals surface area contributed by atoms with E-state index in [1.54, 1.807) is 24.5 Å². The lowest BCUT2D eigenvalue weighted by Crippen LogP contribution is -2.31. The molecule has 3 aromatic rings. The van der Waals surface area contributed by atoms with E-state index in [4.69, 9.17) is 4.74 Å². The molecule has 0 unspecified atom stereocenters. The van der Waals surface area contributed by atoms with Gasteiger partial charge < -0.3 is 14.7 Å². The van der Waals surface area contributed by atoms with E-state index in [1.165, 1.54) is 22.5 Å². The van der Waals surface area contributed by atoms with Gasteiger partial charge in [0.15, 0.2) is 0 Å². The van der Waals surface area contributed by atoms with E-state index in [0.717, 1.165) is 0 Å². The molecule has 27 heavy (non-hydrogen) atoms. The predicted octanol–water partition coefficient (Wildman–Crippen LogP) is 0.453. The number of H-pyrrole nitrogens is 2. The summed E-state index contributed by atoms with van der Waals surface area (Å²) >= 11 is 0. The molecule has 4 rings (SSSR count). The number of rotatable bonds is 4. The van der Waals surface area contributed by atoms with Crippen molar-refractivity contribution in [2.75, 3.05) is 13.1 Å². The van der Waals surface area contributed by atoms with Gasteiger partial charge in [-0.25, -0.2) is 8.42 Å². The van der Waals surface area contributed by atoms with Crippen LogP contribution < -0.4 is 15.9 Å². The van der Waals surface area contributed by atoms with E-state index in [1.807, 2.05) is 0 Å². The van der Waals surface area contributed by atoms with Crippen molar-refractivity contribution < 1.29 is 13.2 Å². The number of hydrogen-bond acceptors (Lipinski definition) is 6. The van der Waals surface area contributed by atoms with Crippen LogP contribution in [0.3, 0.4) is 0 Å². The molecule has 0 bridgehead atoms. The maximum atomic E-state index is 12.9. The molecule has 0 amide bonds. The lowest BCUT2D eigenvalue weighted by Gasteiger charge is -2.17. The summed E-state index contributed by atoms with van der Waals surface area (Å²) < 4.78 is 33.0. The standard InChI is InChI=1S/C17H16N4O5S/c22-16-17(23)20-15-8-13(3-4-14(15)19-16)27(24,25)21-7-5-12(10-21)26-11-2-1-6-18-9-11/h1-4,6,8-9,12H,5,7,10H2,(H,19,22)(H,20,23)/t12-/m1/s1. The molecule has 1 atom stereocenters. The number of nitrogens with zero attached hydrogens (tertiary/aromatic N) is 2. The van der Waals surface area contributed by atoms with Crippen LogP contribution >= 0.6 is 0 Å². The molecule has 2 aromatic heterocycles. The molecule has 0 aliphatic carbocycles. The van der Waals surface area contributed by atoms with Crippen LogP contribution in [0.25, 0.3) is 11.0 Å². The molecule has 0 radical (unpaired) electrons. The summed E-state index contributed by atoms with van der Waals surface area (Å²) in [6.45, 7) is 0.546. The summed E-state index contributed by atoms with van der Waals surface area (Å²) in [6, 6.07) is 7.72. The van der Waals surface area contributed by atoms with Gasteiger partial charge in [-0.2, -0.15) is 4.31 Å². The van der Waals surface area contributed by atoms with E-state index in [9.17, 15) is 18.0 Å². The van der Waals surface area contributed by atoms with Crippen LogP contribution in [0, 0.1) is 0 Å². The minimum atomic E-state index is -3.75. The SMILES string of the molecule is O=c1[nH]c2ccc(S(=O)(=O)N3CC[C@@H](Oc4cccnc4)C3)cc2[nH]c1=O. The highest BCUT2D eigenvalue weighted by Crippen LogP contribution is 2.25. The number of fused-ring (bicyclic) bond motifs is 1. The van der Waals surface area contributed by atoms with Crippen LogP contribution in [0.4, 0.5) is 0 Å². The Labute approximate surface area is 153 Å². The molecule has 3 heterocycles. The van der Waals surface area contributed by atoms with Crippen molar-refractivity contribution in [3.63, 3.8) is 0 Å². The number of ether oxygens (including phenoxy) is 1. The molecule has 140 valence electrons. The zero-order chi connectivity index (χ0) is 19.0. The summed E-state index contributed by atoms with van der Waals surface area (Å²) in [5.41, 5.74) is -1.00. The summed E-state index contributed by atoms with van der Waals surface area (Å²) in [6.07, 6.45) is 3.51. The number of hydrogen-bond donors (Lipinski definition) is 2. The van der Waals surface area contributed by atoms with Crippen molar-refractivity contribution in [1.29, 1.82) is 0 Å². The number of aromatic amines is 2. The molecule has 1 saturated heterocycles. The second kappa shape index (κ2) is 6.63. The fourth-order valence-electron chi connectivity index (χ4n) is 3.02. The highest BCUT2D eigenvalue weighted by atomic mass is 32.2. The van der Waals surface area contributed by atoms with Crippen LogP contribution in [0.15, 0.2) is 57.2 Å². The van der Waals surface area contributed by atoms with Crippen molar-refractivity contribution in [3.05, 3.63) is 63.4 Å². The minimum Gasteiger partial charge on any atom is -0.487 e. The minimum absolute atomic E-state index is 0.0414. The van der Waals surface area contributed by atoms with Gasteiger partial charge >= 0.3 is 11.1 Å². The van der Waals surface area contributed by atoms with Crippen molar-refractivity contribution in [3.8, 4) is 5.75 Å². The smallest absolute Gasteiger partial charge is 0.314 e. The third-order valence-electron chi connectivity index (χ3n) is 4.38. The summed E-state index contributed by atoms with van der Waals surface area (Å²) in [4.78, 5) is 31.7. The van der Waals surface area contributed by atoms with E-state index >= 15 is 0 Å². The Hall–Kier alpha value is -2.98. The fraction of sp³-hybridized carbons (Fsp3) is 0.235. The molecule has 9 nitrogen and oxygen atoms in total. The van der Waals surface area contributed by atoms with Crippen molar-refractivity contribution >= 4 is 21.1 Å². The van der Waals surface area contributed by atoms with Gasteiger partial charge in [0.2, 0.25) is 10.0 Å². The molecular formula is C17H16N4O5S. The number of pyridine rings is 1. The van der Waals surface area contributed by atoms with Gasteiger partial charge in [-0.15, -0.1) is 0 Å². The van der Waals surface area contributed by atoms with Crippen molar-refractivity contribution in [1.82, 2.24) is 19.3 Å². The normalized spacial score (nSPS) is 18.0. The second-order valence-electron chi connectivity index (χ2n) is 6.20. The van der Waals surface area contributed by atoms with Gasteiger partial charge in [-0.1, -0.05) is 0 Å². The molecular weight excluding hydrogens is 372 g/mol. The number of sulfonamides is 1. The van der Waals surface area contributed by atoms with Gasteiger partial charge in [0.05, 0.1) is 28.7 Å². The average Bonchev–Trinajstić information content (AvgIpc) is 3.12. The lowest BCUT2D eigenvalue weighted by molar-refractivity contribution is 0.214. The average molecular weight is 388 g/mol. The molecule has 2 N–H and O–H groups in total. The number of aromatic nitrogens is 3. The maximum absolute atomic E-state index is 12.9. The van der Waals surface area contributed by atoms with Crippen LogP contribution in [-0.4, -0.2) is 46.9 Å². The first-order valence-electron chi connectivity index (χ1n) is 8.27. The van der Waals surface area contributed by atoms with E-state index < -0.39 is 21.1 Å². The van der Waals surface area contributed by atoms with Crippen molar-refractivity contribution in [2.45, 2.75) is 17.4 Å². The van der Waals surface area contributed by atoms with Crippen LogP contribution in [0.2, 0.25) is 0 Å². The second-order valence-corrected chi connectivity index (χ2v) is 8.13. The van der Waals surface area contributed by atoms with Gasteiger partial charge in [0.25, 0.3) is 0 Å². The molecule has 0 spiro atoms. The zero-order valence-corrected chi connectivity index (χ0v) is 14.9. The van der Waals surface area contributed by atoms with Gasteiger partial charge in [0, 0.05) is 12.7 Å². The Bertz CT molecular complexity index is 1200. The Morgan fingerprint density at radius 1 is 1.11 bits per heavy atom. The molecule has 10 heteroatoms. The molecule has 1 aromatic carbocycles. The Kier molecular flexibility index (Phi) is 4.28. The molecule has 1 aliphatic heterocycles. The topological polar surface area (TPSA) is 125 Å². The van der Waals surface area contributed by atoms with Crippen LogP contribution in [0.5, 0.6) is 5.75 Å². The number of nitrogens with one attached hydrogen (secondary N) is 2. The highest BCUT2D eigenvalue weighted by Gasteiger charge is 2.33. The molecule has 0 saturated carbocycles.